The Morgan fingerprint density at radius 2 is 1.71 bits per heavy atom. The van der Waals surface area contributed by atoms with Crippen molar-refractivity contribution in [3.8, 4) is 16.9 Å². The number of thiol groups is 1. The molecule has 0 heterocycles. The number of nitrogens with two attached hydrogens (primary N) is 1. The molecule has 242 valence electrons. The van der Waals surface area contributed by atoms with Gasteiger partial charge in [-0.05, 0) is 61.2 Å². The first kappa shape index (κ1) is 34.0. The molecule has 5 rings (SSSR count). The van der Waals surface area contributed by atoms with Crippen LogP contribution in [0.3, 0.4) is 0 Å². The Morgan fingerprint density at radius 3 is 2.27 bits per heavy atom. The van der Waals surface area contributed by atoms with Crippen molar-refractivity contribution in [1.82, 2.24) is 10.2 Å². The molecular formula is C30H31F4N3O7S. The smallest absolute Gasteiger partial charge is 0.401 e. The number of fused-ring (bicyclic) bond motifs is 3. The molecule has 15 heteroatoms. The number of phenols is 1. The summed E-state index contributed by atoms with van der Waals surface area (Å²) in [7, 11) is 3.04. The summed E-state index contributed by atoms with van der Waals surface area (Å²) >= 11 is 2.03. The van der Waals surface area contributed by atoms with Gasteiger partial charge >= 0.3 is 6.18 Å². The molecule has 7 N–H and O–H groups in total. The minimum Gasteiger partial charge on any atom is -0.508 e. The highest BCUT2D eigenvalue weighted by molar-refractivity contribution is 7.74. The Bertz CT molecular complexity index is 1610. The standard InChI is InChI=1S/C30H30F3N3O7.FHS/c1-36(2)23-18-10-15-9-17-16(14-5-3-13(4-6-14)11-35-12-29(31,32)33)7-8-19(37)21(17)24(38)20(15)26(40)30(18,43)27(41)22(25(23)39)28(34)42;1-2/h3-8,15,18,23,35,37-38,41,43H,9-12H2,1-2H3,(H2,34,42);2H/t15-,18-,23?,30-;/m0./s1. The molecule has 10 nitrogen and oxygen atoms in total. The van der Waals surface area contributed by atoms with Gasteiger partial charge in [0.15, 0.2) is 11.4 Å². The van der Waals surface area contributed by atoms with E-state index in [0.29, 0.717) is 22.3 Å². The minimum absolute atomic E-state index is 0.0145. The fraction of sp³-hybridized carbons (Fsp3) is 0.367. The van der Waals surface area contributed by atoms with Crippen LogP contribution in [0.2, 0.25) is 0 Å². The molecule has 1 saturated carbocycles. The molecule has 3 aliphatic rings. The molecule has 0 radical (unpaired) electrons. The Hall–Kier alpha value is -3.92. The molecule has 45 heavy (non-hydrogen) atoms. The second-order valence-electron chi connectivity index (χ2n) is 11.4. The number of primary amides is 1. The number of aliphatic hydroxyl groups excluding tert-OH is 2. The number of benzene rings is 2. The highest BCUT2D eigenvalue weighted by atomic mass is 32.1. The Balaban J connectivity index is 0.00000226. The SMILES string of the molecule is CN(C)C1C(=O)C(C(N)=O)=C(O)[C@@]2(O)C(=O)C3=C(O)c4c(O)ccc(-c5ccc(CNCC(F)(F)F)cc5)c4C[C@H]3C[C@@H]12.FS. The molecule has 0 bridgehead atoms. The number of phenolic OH excluding ortho intramolecular Hbond substituents is 1. The Labute approximate surface area is 260 Å². The van der Waals surface area contributed by atoms with E-state index in [4.69, 9.17) is 5.73 Å². The summed E-state index contributed by atoms with van der Waals surface area (Å²) in [5.74, 6) is -7.31. The summed E-state index contributed by atoms with van der Waals surface area (Å²) in [5.41, 5.74) is 3.72. The number of nitrogens with one attached hydrogen (secondary N) is 1. The van der Waals surface area contributed by atoms with E-state index in [1.807, 2.05) is 13.0 Å². The quantitative estimate of drug-likeness (QED) is 0.141. The molecule has 1 unspecified atom stereocenters. The third kappa shape index (κ3) is 5.80. The van der Waals surface area contributed by atoms with Crippen molar-refractivity contribution in [2.75, 3.05) is 20.6 Å². The number of hydrogen-bond donors (Lipinski definition) is 7. The maximum Gasteiger partial charge on any atom is 0.401 e. The van der Waals surface area contributed by atoms with Crippen LogP contribution in [-0.4, -0.2) is 81.3 Å². The molecule has 0 aromatic heterocycles. The molecule has 0 spiro atoms. The van der Waals surface area contributed by atoms with Gasteiger partial charge in [-0.15, -0.1) is 0 Å². The molecule has 0 saturated heterocycles. The van der Waals surface area contributed by atoms with Crippen LogP contribution in [-0.2, 0) is 27.3 Å². The highest BCUT2D eigenvalue weighted by Gasteiger charge is 2.64. The second kappa shape index (κ2) is 12.5. The van der Waals surface area contributed by atoms with Crippen molar-refractivity contribution in [3.05, 3.63) is 70.0 Å². The van der Waals surface area contributed by atoms with E-state index >= 15 is 0 Å². The van der Waals surface area contributed by atoms with Crippen molar-refractivity contribution >= 4 is 36.2 Å². The fourth-order valence-electron chi connectivity index (χ4n) is 6.67. The van der Waals surface area contributed by atoms with Gasteiger partial charge in [0.1, 0.15) is 22.8 Å². The van der Waals surface area contributed by atoms with Crippen molar-refractivity contribution < 1.29 is 51.9 Å². The zero-order chi connectivity index (χ0) is 33.6. The van der Waals surface area contributed by atoms with Crippen molar-refractivity contribution in [2.24, 2.45) is 17.6 Å². The van der Waals surface area contributed by atoms with Crippen LogP contribution in [0, 0.1) is 11.8 Å². The van der Waals surface area contributed by atoms with Crippen LogP contribution < -0.4 is 11.1 Å². The third-order valence-electron chi connectivity index (χ3n) is 8.52. The third-order valence-corrected chi connectivity index (χ3v) is 8.52. The molecule has 2 aromatic carbocycles. The lowest BCUT2D eigenvalue weighted by Gasteiger charge is -2.50. The number of likely N-dealkylation sites (N-methyl/N-ethyl adjacent to an activating group) is 1. The van der Waals surface area contributed by atoms with E-state index in [2.05, 4.69) is 5.32 Å². The predicted molar refractivity (Wildman–Crippen MR) is 158 cm³/mol. The number of hydrogen-bond acceptors (Lipinski definition) is 10. The number of nitrogens with zero attached hydrogens (tertiary/aromatic N) is 1. The van der Waals surface area contributed by atoms with E-state index in [-0.39, 0.29) is 36.3 Å². The van der Waals surface area contributed by atoms with E-state index in [1.54, 1.807) is 30.3 Å². The normalized spacial score (nSPS) is 24.5. The van der Waals surface area contributed by atoms with Gasteiger partial charge in [-0.3, -0.25) is 19.3 Å². The van der Waals surface area contributed by atoms with Crippen molar-refractivity contribution in [1.29, 1.82) is 0 Å². The molecule has 4 atom stereocenters. The number of rotatable bonds is 6. The van der Waals surface area contributed by atoms with E-state index in [9.17, 15) is 51.9 Å². The summed E-state index contributed by atoms with van der Waals surface area (Å²) in [6.45, 7) is -1.15. The number of aromatic hydroxyl groups is 1. The largest absolute Gasteiger partial charge is 0.508 e. The average molecular weight is 654 g/mol. The van der Waals surface area contributed by atoms with Crippen LogP contribution in [0.15, 0.2) is 53.3 Å². The van der Waals surface area contributed by atoms with Gasteiger partial charge in [-0.25, -0.2) is 0 Å². The molecule has 1 fully saturated rings. The van der Waals surface area contributed by atoms with Crippen molar-refractivity contribution in [2.45, 2.75) is 37.2 Å². The first-order valence-electron chi connectivity index (χ1n) is 13.6. The minimum atomic E-state index is -4.34. The number of alkyl halides is 3. The summed E-state index contributed by atoms with van der Waals surface area (Å²) < 4.78 is 46.6. The lowest BCUT2D eigenvalue weighted by Crippen LogP contribution is -2.65. The average Bonchev–Trinajstić information content (AvgIpc) is 2.95. The van der Waals surface area contributed by atoms with E-state index < -0.39 is 70.8 Å². The lowest BCUT2D eigenvalue weighted by atomic mass is 9.57. The summed E-state index contributed by atoms with van der Waals surface area (Å²) in [6.07, 6.45) is -4.29. The number of Topliss-reactive ketones (excluding diaryl/α,β-unsaturated/α-hetero) is 2. The first-order chi connectivity index (χ1) is 21.1. The first-order valence-corrected chi connectivity index (χ1v) is 13.9. The maximum atomic E-state index is 13.9. The monoisotopic (exact) mass is 653 g/mol. The zero-order valence-corrected chi connectivity index (χ0v) is 24.9. The maximum absolute atomic E-state index is 13.9. The number of ketones is 2. The Kier molecular flexibility index (Phi) is 9.41. The van der Waals surface area contributed by atoms with Gasteiger partial charge in [-0.1, -0.05) is 30.3 Å². The summed E-state index contributed by atoms with van der Waals surface area (Å²) in [5, 5.41) is 47.1. The topological polar surface area (TPSA) is 173 Å². The summed E-state index contributed by atoms with van der Waals surface area (Å²) in [6, 6.07) is 8.41. The number of carbonyl (C=O) groups is 3. The highest BCUT2D eigenvalue weighted by Crippen LogP contribution is 2.53. The molecule has 3 aliphatic carbocycles. The van der Waals surface area contributed by atoms with Gasteiger partial charge in [0.05, 0.1) is 18.2 Å². The lowest BCUT2D eigenvalue weighted by molar-refractivity contribution is -0.153. The van der Waals surface area contributed by atoms with E-state index in [1.165, 1.54) is 25.1 Å². The molecule has 0 aliphatic heterocycles. The van der Waals surface area contributed by atoms with Crippen LogP contribution in [0.1, 0.15) is 23.1 Å². The van der Waals surface area contributed by atoms with Crippen LogP contribution in [0.25, 0.3) is 16.9 Å². The van der Waals surface area contributed by atoms with Gasteiger partial charge in [0.2, 0.25) is 5.78 Å². The zero-order valence-electron chi connectivity index (χ0n) is 24.0. The van der Waals surface area contributed by atoms with Gasteiger partial charge in [0.25, 0.3) is 5.91 Å². The van der Waals surface area contributed by atoms with Gasteiger partial charge < -0.3 is 31.5 Å². The fourth-order valence-corrected chi connectivity index (χ4v) is 6.67. The second-order valence-corrected chi connectivity index (χ2v) is 11.4. The van der Waals surface area contributed by atoms with Crippen LogP contribution in [0.4, 0.5) is 17.1 Å². The molecule has 1 amide bonds. The van der Waals surface area contributed by atoms with E-state index in [0.717, 1.165) is 0 Å². The number of carbonyl (C=O) groups excluding carboxylic acids is 3. The Morgan fingerprint density at radius 1 is 1.09 bits per heavy atom. The van der Waals surface area contributed by atoms with Gasteiger partial charge in [-0.2, -0.15) is 17.1 Å². The molecule has 2 aromatic rings. The van der Waals surface area contributed by atoms with Crippen molar-refractivity contribution in [3.63, 3.8) is 0 Å². The number of aliphatic hydroxyl groups is 3. The van der Waals surface area contributed by atoms with Crippen LogP contribution >= 0.6 is 13.0 Å². The van der Waals surface area contributed by atoms with Crippen LogP contribution in [0.5, 0.6) is 5.75 Å². The van der Waals surface area contributed by atoms with Gasteiger partial charge in [0, 0.05) is 31.1 Å². The predicted octanol–water partition coefficient (Wildman–Crippen LogP) is 3.08. The number of halogens is 4. The molecular weight excluding hydrogens is 622 g/mol. The summed E-state index contributed by atoms with van der Waals surface area (Å²) in [4.78, 5) is 40.7. The number of amides is 1.